The van der Waals surface area contributed by atoms with E-state index in [2.05, 4.69) is 37.3 Å². The van der Waals surface area contributed by atoms with Crippen LogP contribution in [0.5, 0.6) is 0 Å². The molecule has 0 spiro atoms. The number of nitrogens with zero attached hydrogens (tertiary/aromatic N) is 1. The zero-order chi connectivity index (χ0) is 30.4. The van der Waals surface area contributed by atoms with E-state index in [4.69, 9.17) is 9.47 Å². The van der Waals surface area contributed by atoms with E-state index in [0.29, 0.717) is 22.6 Å². The van der Waals surface area contributed by atoms with Gasteiger partial charge in [-0.1, -0.05) is 82.3 Å². The van der Waals surface area contributed by atoms with Crippen LogP contribution in [0.1, 0.15) is 76.0 Å². The molecule has 2 N–H and O–H groups in total. The van der Waals surface area contributed by atoms with E-state index in [1.165, 1.54) is 19.3 Å². The van der Waals surface area contributed by atoms with Crippen molar-refractivity contribution in [2.24, 2.45) is 16.7 Å². The third kappa shape index (κ3) is 6.54. The van der Waals surface area contributed by atoms with Gasteiger partial charge in [-0.15, -0.1) is 0 Å². The quantitative estimate of drug-likeness (QED) is 0.299. The van der Waals surface area contributed by atoms with Gasteiger partial charge in [0.15, 0.2) is 6.29 Å². The van der Waals surface area contributed by atoms with Gasteiger partial charge >= 0.3 is 0 Å². The summed E-state index contributed by atoms with van der Waals surface area (Å²) in [6, 6.07) is 24.2. The summed E-state index contributed by atoms with van der Waals surface area (Å²) in [7, 11) is -3.69. The maximum Gasteiger partial charge on any atom is 0.261 e. The molecular formula is C35H44N2O5S. The van der Waals surface area contributed by atoms with Crippen molar-refractivity contribution in [1.82, 2.24) is 4.90 Å². The Labute approximate surface area is 256 Å². The number of likely N-dealkylation sites (tertiary alicyclic amines) is 1. The van der Waals surface area contributed by atoms with E-state index in [1.54, 1.807) is 42.5 Å². The first kappa shape index (κ1) is 30.3. The number of fused-ring (bicyclic) bond motifs is 2. The highest BCUT2D eigenvalue weighted by Crippen LogP contribution is 2.53. The van der Waals surface area contributed by atoms with Crippen molar-refractivity contribution in [3.8, 4) is 0 Å². The Kier molecular flexibility index (Phi) is 8.20. The predicted octanol–water partition coefficient (Wildman–Crippen LogP) is 6.67. The smallest absolute Gasteiger partial charge is 0.261 e. The molecule has 2 unspecified atom stereocenters. The molecule has 230 valence electrons. The highest BCUT2D eigenvalue weighted by Gasteiger charge is 2.51. The number of sulfonamides is 1. The van der Waals surface area contributed by atoms with Gasteiger partial charge in [0.05, 0.1) is 23.7 Å². The molecule has 3 fully saturated rings. The van der Waals surface area contributed by atoms with E-state index >= 15 is 0 Å². The highest BCUT2D eigenvalue weighted by molar-refractivity contribution is 7.92. The number of benzene rings is 3. The molecule has 3 aromatic carbocycles. The van der Waals surface area contributed by atoms with Crippen molar-refractivity contribution < 1.29 is 23.0 Å². The molecule has 2 bridgehead atoms. The summed E-state index contributed by atoms with van der Waals surface area (Å²) >= 11 is 0. The molecular weight excluding hydrogens is 560 g/mol. The van der Waals surface area contributed by atoms with Crippen LogP contribution in [0.2, 0.25) is 0 Å². The van der Waals surface area contributed by atoms with Crippen LogP contribution < -0.4 is 4.72 Å². The summed E-state index contributed by atoms with van der Waals surface area (Å²) in [5, 5.41) is 9.57. The Hall–Kier alpha value is -2.75. The zero-order valence-corrected chi connectivity index (χ0v) is 26.4. The minimum Gasteiger partial charge on any atom is -0.392 e. The van der Waals surface area contributed by atoms with Crippen LogP contribution in [0.15, 0.2) is 83.8 Å². The average Bonchev–Trinajstić information content (AvgIpc) is 3.22. The van der Waals surface area contributed by atoms with Gasteiger partial charge < -0.3 is 14.6 Å². The second-order valence-electron chi connectivity index (χ2n) is 14.0. The van der Waals surface area contributed by atoms with Gasteiger partial charge in [0.2, 0.25) is 0 Å². The number of rotatable bonds is 8. The molecule has 43 heavy (non-hydrogen) atoms. The molecule has 3 aliphatic rings. The lowest BCUT2D eigenvalue weighted by Gasteiger charge is -2.43. The second kappa shape index (κ2) is 11.6. The number of nitrogens with one attached hydrogen (secondary N) is 1. The van der Waals surface area contributed by atoms with Gasteiger partial charge in [0.1, 0.15) is 0 Å². The van der Waals surface area contributed by atoms with Crippen LogP contribution in [0.3, 0.4) is 0 Å². The monoisotopic (exact) mass is 604 g/mol. The predicted molar refractivity (Wildman–Crippen MR) is 168 cm³/mol. The van der Waals surface area contributed by atoms with Crippen LogP contribution in [0, 0.1) is 16.7 Å². The standard InChI is InChI=1S/C35H44N2O5S/c1-24-31(20-37-23-35(4)19-29(37)18-34(2,3)22-35)41-33(42-32(24)26-12-10-25(21-38)11-13-26)27-14-16-28(17-15-27)36-43(39,40)30-8-6-5-7-9-30/h5-17,24,29,31-33,36,38H,18-23H2,1-4H3/t24-,29?,31+,32+,33+,35?/m1/s1. The van der Waals surface area contributed by atoms with E-state index in [0.717, 1.165) is 29.8 Å². The Balaban J connectivity index is 1.24. The van der Waals surface area contributed by atoms with Crippen LogP contribution in [-0.4, -0.2) is 43.7 Å². The molecule has 8 heteroatoms. The first-order chi connectivity index (χ1) is 20.4. The van der Waals surface area contributed by atoms with E-state index in [9.17, 15) is 13.5 Å². The molecule has 3 aromatic rings. The lowest BCUT2D eigenvalue weighted by atomic mass is 9.65. The minimum absolute atomic E-state index is 0.00155. The first-order valence-electron chi connectivity index (χ1n) is 15.4. The normalized spacial score (nSPS) is 30.7. The van der Waals surface area contributed by atoms with E-state index < -0.39 is 16.3 Å². The van der Waals surface area contributed by atoms with Gasteiger partial charge in [0.25, 0.3) is 10.0 Å². The summed E-state index contributed by atoms with van der Waals surface area (Å²) < 4.78 is 41.7. The molecule has 0 aromatic heterocycles. The maximum atomic E-state index is 12.8. The second-order valence-corrected chi connectivity index (χ2v) is 15.7. The maximum absolute atomic E-state index is 12.8. The van der Waals surface area contributed by atoms with Crippen LogP contribution >= 0.6 is 0 Å². The minimum atomic E-state index is -3.69. The Morgan fingerprint density at radius 1 is 0.907 bits per heavy atom. The zero-order valence-electron chi connectivity index (χ0n) is 25.6. The van der Waals surface area contributed by atoms with Gasteiger partial charge in [-0.05, 0) is 65.5 Å². The average molecular weight is 605 g/mol. The Morgan fingerprint density at radius 2 is 1.58 bits per heavy atom. The SMILES string of the molecule is C[C@@H]1[C@H](CN2CC3(C)CC2CC(C)(C)C3)O[C@H](c2ccc(NS(=O)(=O)c3ccccc3)cc2)O[C@@H]1c1ccc(CO)cc1. The summed E-state index contributed by atoms with van der Waals surface area (Å²) in [6.07, 6.45) is 2.85. The van der Waals surface area contributed by atoms with Gasteiger partial charge in [0, 0.05) is 36.3 Å². The van der Waals surface area contributed by atoms with Gasteiger partial charge in [-0.25, -0.2) is 8.42 Å². The molecule has 6 atom stereocenters. The van der Waals surface area contributed by atoms with Gasteiger partial charge in [-0.2, -0.15) is 0 Å². The topological polar surface area (TPSA) is 88.1 Å². The van der Waals surface area contributed by atoms with E-state index in [1.807, 2.05) is 36.4 Å². The fourth-order valence-corrected chi connectivity index (χ4v) is 8.95. The summed E-state index contributed by atoms with van der Waals surface area (Å²) in [5.41, 5.74) is 3.92. The largest absolute Gasteiger partial charge is 0.392 e. The van der Waals surface area contributed by atoms with Crippen LogP contribution in [0.4, 0.5) is 5.69 Å². The number of anilines is 1. The number of hydrogen-bond donors (Lipinski definition) is 2. The molecule has 1 aliphatic carbocycles. The Bertz CT molecular complexity index is 1510. The fourth-order valence-electron chi connectivity index (χ4n) is 7.87. The van der Waals surface area contributed by atoms with Crippen molar-refractivity contribution in [2.75, 3.05) is 17.8 Å². The number of hydrogen-bond acceptors (Lipinski definition) is 6. The summed E-state index contributed by atoms with van der Waals surface area (Å²) in [5.74, 6) is 0.106. The number of aliphatic hydroxyl groups excluding tert-OH is 1. The molecule has 2 aliphatic heterocycles. The fraction of sp³-hybridized carbons (Fsp3) is 0.486. The third-order valence-electron chi connectivity index (χ3n) is 9.55. The molecule has 1 saturated carbocycles. The van der Waals surface area contributed by atoms with E-state index in [-0.39, 0.29) is 29.6 Å². The summed E-state index contributed by atoms with van der Waals surface area (Å²) in [6.45, 7) is 11.4. The number of ether oxygens (including phenoxy) is 2. The molecule has 6 rings (SSSR count). The van der Waals surface area contributed by atoms with Crippen molar-refractivity contribution in [1.29, 1.82) is 0 Å². The molecule has 2 heterocycles. The van der Waals surface area contributed by atoms with Crippen LogP contribution in [-0.2, 0) is 26.1 Å². The first-order valence-corrected chi connectivity index (χ1v) is 16.8. The van der Waals surface area contributed by atoms with Crippen LogP contribution in [0.25, 0.3) is 0 Å². The molecule has 0 amide bonds. The van der Waals surface area contributed by atoms with Crippen molar-refractivity contribution in [3.05, 3.63) is 95.6 Å². The van der Waals surface area contributed by atoms with Crippen molar-refractivity contribution in [2.45, 2.75) is 83.0 Å². The van der Waals surface area contributed by atoms with Crippen molar-refractivity contribution in [3.63, 3.8) is 0 Å². The Morgan fingerprint density at radius 3 is 2.26 bits per heavy atom. The lowest BCUT2D eigenvalue weighted by Crippen LogP contribution is -2.46. The number of aliphatic hydroxyl groups is 1. The van der Waals surface area contributed by atoms with Crippen molar-refractivity contribution >= 4 is 15.7 Å². The molecule has 7 nitrogen and oxygen atoms in total. The molecule has 0 radical (unpaired) electrons. The van der Waals surface area contributed by atoms with Gasteiger partial charge in [-0.3, -0.25) is 9.62 Å². The summed E-state index contributed by atoms with van der Waals surface area (Å²) in [4.78, 5) is 2.87. The highest BCUT2D eigenvalue weighted by atomic mass is 32.2. The molecule has 2 saturated heterocycles. The third-order valence-corrected chi connectivity index (χ3v) is 10.9. The lowest BCUT2D eigenvalue weighted by molar-refractivity contribution is -0.276.